The predicted molar refractivity (Wildman–Crippen MR) is 95.8 cm³/mol. The molecule has 2 aliphatic heterocycles. The van der Waals surface area contributed by atoms with E-state index in [4.69, 9.17) is 14.2 Å². The lowest BCUT2D eigenvalue weighted by atomic mass is 10.0. The first-order chi connectivity index (χ1) is 12.2. The van der Waals surface area contributed by atoms with Crippen LogP contribution in [0.3, 0.4) is 0 Å². The number of rotatable bonds is 7. The van der Waals surface area contributed by atoms with Gasteiger partial charge in [-0.1, -0.05) is 12.1 Å². The van der Waals surface area contributed by atoms with Gasteiger partial charge in [-0.25, -0.2) is 0 Å². The summed E-state index contributed by atoms with van der Waals surface area (Å²) < 4.78 is 16.6. The molecule has 0 radical (unpaired) electrons. The van der Waals surface area contributed by atoms with Gasteiger partial charge in [-0.15, -0.1) is 0 Å². The molecule has 25 heavy (non-hydrogen) atoms. The maximum atomic E-state index is 12.8. The molecule has 1 aromatic carbocycles. The van der Waals surface area contributed by atoms with Crippen molar-refractivity contribution in [2.75, 3.05) is 26.9 Å². The number of hydrogen-bond donors (Lipinski definition) is 0. The van der Waals surface area contributed by atoms with Gasteiger partial charge < -0.3 is 19.1 Å². The number of carbonyl (C=O) groups excluding carboxylic acids is 1. The molecule has 0 aromatic heterocycles. The van der Waals surface area contributed by atoms with Crippen molar-refractivity contribution >= 4 is 5.91 Å². The second kappa shape index (κ2) is 8.68. The molecule has 0 N–H and O–H groups in total. The number of hydrogen-bond acceptors (Lipinski definition) is 4. The summed E-state index contributed by atoms with van der Waals surface area (Å²) in [5, 5.41) is 0. The summed E-state index contributed by atoms with van der Waals surface area (Å²) in [5.74, 6) is 0.966. The zero-order valence-electron chi connectivity index (χ0n) is 15.3. The fourth-order valence-electron chi connectivity index (χ4n) is 3.70. The van der Waals surface area contributed by atoms with Crippen LogP contribution in [0.5, 0.6) is 5.75 Å². The third-order valence-electron chi connectivity index (χ3n) is 5.19. The maximum Gasteiger partial charge on any atom is 0.251 e. The molecular formula is C20H29NO4. The van der Waals surface area contributed by atoms with Gasteiger partial charge in [0.25, 0.3) is 5.91 Å². The molecule has 1 amide bonds. The number of benzene rings is 1. The van der Waals surface area contributed by atoms with Gasteiger partial charge in [0, 0.05) is 19.2 Å². The highest BCUT2D eigenvalue weighted by Crippen LogP contribution is 2.24. The highest BCUT2D eigenvalue weighted by molar-refractivity contribution is 5.81. The largest absolute Gasteiger partial charge is 0.497 e. The lowest BCUT2D eigenvalue weighted by molar-refractivity contribution is -0.145. The van der Waals surface area contributed by atoms with Gasteiger partial charge in [0.15, 0.2) is 0 Å². The van der Waals surface area contributed by atoms with Gasteiger partial charge in [-0.05, 0) is 56.7 Å². The summed E-state index contributed by atoms with van der Waals surface area (Å²) in [5.41, 5.74) is 1.23. The first-order valence-corrected chi connectivity index (χ1v) is 9.34. The predicted octanol–water partition coefficient (Wildman–Crippen LogP) is 2.81. The molecule has 0 spiro atoms. The Hall–Kier alpha value is -1.59. The number of methoxy groups -OCH3 is 1. The van der Waals surface area contributed by atoms with E-state index in [1.54, 1.807) is 7.11 Å². The van der Waals surface area contributed by atoms with Crippen LogP contribution < -0.4 is 4.74 Å². The molecule has 5 heteroatoms. The zero-order valence-corrected chi connectivity index (χ0v) is 15.3. The molecule has 0 bridgehead atoms. The van der Waals surface area contributed by atoms with Crippen molar-refractivity contribution in [3.8, 4) is 5.75 Å². The van der Waals surface area contributed by atoms with Crippen LogP contribution in [0.25, 0.3) is 0 Å². The zero-order chi connectivity index (χ0) is 17.6. The summed E-state index contributed by atoms with van der Waals surface area (Å²) in [4.78, 5) is 14.8. The van der Waals surface area contributed by atoms with E-state index in [-0.39, 0.29) is 18.1 Å². The van der Waals surface area contributed by atoms with Crippen molar-refractivity contribution < 1.29 is 19.0 Å². The average Bonchev–Trinajstić information content (AvgIpc) is 3.31. The van der Waals surface area contributed by atoms with E-state index in [1.165, 1.54) is 5.56 Å². The lowest BCUT2D eigenvalue weighted by Gasteiger charge is -2.28. The molecule has 2 fully saturated rings. The molecule has 2 saturated heterocycles. The standard InChI is InChI=1S/C20H29NO4/c1-15(25-14-19-6-4-12-24-19)20(22)21-11-3-5-17(21)13-16-7-9-18(23-2)10-8-16/h7-10,15,17,19H,3-6,11-14H2,1-2H3/t15-,17-,19+/m0/s1. The minimum Gasteiger partial charge on any atom is -0.497 e. The molecule has 138 valence electrons. The molecule has 1 aromatic rings. The molecule has 5 nitrogen and oxygen atoms in total. The number of carbonyl (C=O) groups is 1. The van der Waals surface area contributed by atoms with Gasteiger partial charge in [0.1, 0.15) is 11.9 Å². The van der Waals surface area contributed by atoms with Crippen molar-refractivity contribution in [1.82, 2.24) is 4.90 Å². The summed E-state index contributed by atoms with van der Waals surface area (Å²) in [6, 6.07) is 8.37. The Morgan fingerprint density at radius 3 is 2.76 bits per heavy atom. The lowest BCUT2D eigenvalue weighted by Crippen LogP contribution is -2.43. The van der Waals surface area contributed by atoms with Crippen molar-refractivity contribution in [2.24, 2.45) is 0 Å². The first-order valence-electron chi connectivity index (χ1n) is 9.34. The maximum absolute atomic E-state index is 12.8. The molecule has 2 aliphatic rings. The first kappa shape index (κ1) is 18.2. The SMILES string of the molecule is COc1ccc(C[C@@H]2CCCN2C(=O)[C@H](C)OC[C@H]2CCCO2)cc1. The van der Waals surface area contributed by atoms with Gasteiger partial charge in [-0.3, -0.25) is 4.79 Å². The van der Waals surface area contributed by atoms with E-state index < -0.39 is 6.10 Å². The minimum absolute atomic E-state index is 0.106. The van der Waals surface area contributed by atoms with Crippen LogP contribution >= 0.6 is 0 Å². The Balaban J connectivity index is 1.53. The Morgan fingerprint density at radius 2 is 2.08 bits per heavy atom. The molecule has 2 heterocycles. The molecule has 3 rings (SSSR count). The number of nitrogens with zero attached hydrogens (tertiary/aromatic N) is 1. The van der Waals surface area contributed by atoms with E-state index in [9.17, 15) is 4.79 Å². The summed E-state index contributed by atoms with van der Waals surface area (Å²) in [6.07, 6.45) is 4.87. The van der Waals surface area contributed by atoms with Gasteiger partial charge in [0.2, 0.25) is 0 Å². The topological polar surface area (TPSA) is 48.0 Å². The summed E-state index contributed by atoms with van der Waals surface area (Å²) in [7, 11) is 1.67. The second-order valence-electron chi connectivity index (χ2n) is 6.99. The van der Waals surface area contributed by atoms with E-state index >= 15 is 0 Å². The Bertz CT molecular complexity index is 553. The third-order valence-corrected chi connectivity index (χ3v) is 5.19. The normalized spacial score (nSPS) is 24.5. The van der Waals surface area contributed by atoms with E-state index in [1.807, 2.05) is 24.0 Å². The van der Waals surface area contributed by atoms with Gasteiger partial charge in [-0.2, -0.15) is 0 Å². The van der Waals surface area contributed by atoms with Crippen LogP contribution in [0, 0.1) is 0 Å². The highest BCUT2D eigenvalue weighted by atomic mass is 16.5. The number of likely N-dealkylation sites (tertiary alicyclic amines) is 1. The number of amides is 1. The van der Waals surface area contributed by atoms with E-state index in [0.29, 0.717) is 6.61 Å². The van der Waals surface area contributed by atoms with Crippen molar-refractivity contribution in [2.45, 2.75) is 57.3 Å². The fraction of sp³-hybridized carbons (Fsp3) is 0.650. The second-order valence-corrected chi connectivity index (χ2v) is 6.99. The van der Waals surface area contributed by atoms with Crippen LogP contribution in [0.4, 0.5) is 0 Å². The Labute approximate surface area is 150 Å². The highest BCUT2D eigenvalue weighted by Gasteiger charge is 2.32. The molecule has 0 saturated carbocycles. The van der Waals surface area contributed by atoms with Gasteiger partial charge >= 0.3 is 0 Å². The van der Waals surface area contributed by atoms with Crippen molar-refractivity contribution in [3.05, 3.63) is 29.8 Å². The minimum atomic E-state index is -0.402. The quantitative estimate of drug-likeness (QED) is 0.761. The van der Waals surface area contributed by atoms with Crippen molar-refractivity contribution in [1.29, 1.82) is 0 Å². The van der Waals surface area contributed by atoms with Crippen LogP contribution in [0.1, 0.15) is 38.2 Å². The molecule has 3 atom stereocenters. The van der Waals surface area contributed by atoms with E-state index in [2.05, 4.69) is 12.1 Å². The smallest absolute Gasteiger partial charge is 0.251 e. The summed E-state index contributed by atoms with van der Waals surface area (Å²) >= 11 is 0. The third kappa shape index (κ3) is 4.73. The Kier molecular flexibility index (Phi) is 6.32. The van der Waals surface area contributed by atoms with Crippen LogP contribution in [0.2, 0.25) is 0 Å². The Morgan fingerprint density at radius 1 is 1.28 bits per heavy atom. The fourth-order valence-corrected chi connectivity index (χ4v) is 3.70. The molecular weight excluding hydrogens is 318 g/mol. The van der Waals surface area contributed by atoms with Crippen LogP contribution in [0.15, 0.2) is 24.3 Å². The molecule has 0 unspecified atom stereocenters. The van der Waals surface area contributed by atoms with Crippen LogP contribution in [-0.2, 0) is 20.7 Å². The number of ether oxygens (including phenoxy) is 3. The monoisotopic (exact) mass is 347 g/mol. The summed E-state index contributed by atoms with van der Waals surface area (Å²) in [6.45, 7) is 4.02. The molecule has 0 aliphatic carbocycles. The average molecular weight is 347 g/mol. The van der Waals surface area contributed by atoms with Crippen molar-refractivity contribution in [3.63, 3.8) is 0 Å². The van der Waals surface area contributed by atoms with Gasteiger partial charge in [0.05, 0.1) is 19.8 Å². The van der Waals surface area contributed by atoms with Crippen LogP contribution in [-0.4, -0.2) is 55.9 Å². The van der Waals surface area contributed by atoms with E-state index in [0.717, 1.165) is 51.0 Å².